The number of phenolic OH excluding ortho intramolecular Hbond substituents is 2. The van der Waals surface area contributed by atoms with Crippen molar-refractivity contribution < 1.29 is 29.3 Å². The summed E-state index contributed by atoms with van der Waals surface area (Å²) in [5.74, 6) is 1.76. The van der Waals surface area contributed by atoms with Crippen LogP contribution < -0.4 is 14.8 Å². The van der Waals surface area contributed by atoms with Gasteiger partial charge in [-0.05, 0) is 86.0 Å². The second kappa shape index (κ2) is 13.6. The summed E-state index contributed by atoms with van der Waals surface area (Å²) in [7, 11) is 1.62. The number of rotatable bonds is 7. The number of nitrogens with zero attached hydrogens (tertiary/aromatic N) is 5. The number of benzene rings is 4. The first-order chi connectivity index (χ1) is 25.6. The number of carbonyl (C=O) groups is 2. The summed E-state index contributed by atoms with van der Waals surface area (Å²) in [5, 5.41) is 32.1. The molecule has 0 aliphatic carbocycles. The van der Waals surface area contributed by atoms with E-state index in [0.29, 0.717) is 72.8 Å². The van der Waals surface area contributed by atoms with Gasteiger partial charge in [0.2, 0.25) is 5.91 Å². The van der Waals surface area contributed by atoms with E-state index in [9.17, 15) is 19.8 Å². The molecule has 12 nitrogen and oxygen atoms in total. The van der Waals surface area contributed by atoms with E-state index in [1.807, 2.05) is 66.1 Å². The average Bonchev–Trinajstić information content (AvgIpc) is 3.69. The predicted molar refractivity (Wildman–Crippen MR) is 197 cm³/mol. The smallest absolute Gasteiger partial charge is 0.253 e. The van der Waals surface area contributed by atoms with E-state index in [-0.39, 0.29) is 35.1 Å². The van der Waals surface area contributed by atoms with Crippen LogP contribution >= 0.6 is 11.6 Å². The minimum absolute atomic E-state index is 0.0427. The Morgan fingerprint density at radius 2 is 1.77 bits per heavy atom. The zero-order chi connectivity index (χ0) is 36.9. The van der Waals surface area contributed by atoms with Crippen molar-refractivity contribution in [1.29, 1.82) is 0 Å². The molecule has 1 aromatic heterocycles. The Balaban J connectivity index is 0.996. The summed E-state index contributed by atoms with van der Waals surface area (Å²) in [4.78, 5) is 33.8. The zero-order valence-electron chi connectivity index (χ0n) is 29.2. The van der Waals surface area contributed by atoms with Crippen LogP contribution in [0.1, 0.15) is 69.6 Å². The number of halogens is 1. The first-order valence-corrected chi connectivity index (χ1v) is 17.8. The third-order valence-electron chi connectivity index (χ3n) is 10.5. The number of aryl methyl sites for hydroxylation is 1. The Morgan fingerprint density at radius 3 is 2.53 bits per heavy atom. The number of likely N-dealkylation sites (tertiary alicyclic amines) is 1. The number of hydrogen-bond donors (Lipinski definition) is 3. The number of carbonyl (C=O) groups excluding carboxylic acids is 2. The fourth-order valence-corrected chi connectivity index (χ4v) is 7.66. The van der Waals surface area contributed by atoms with E-state index in [1.165, 1.54) is 18.2 Å². The number of ether oxygens (including phenoxy) is 2. The molecule has 5 aromatic rings. The molecule has 1 fully saturated rings. The molecule has 13 heteroatoms. The second-order valence-corrected chi connectivity index (χ2v) is 14.1. The second-order valence-electron chi connectivity index (χ2n) is 13.7. The number of methoxy groups -OCH3 is 1. The number of aromatic nitrogens is 3. The molecule has 3 aliphatic heterocycles. The highest BCUT2D eigenvalue weighted by Gasteiger charge is 2.44. The normalized spacial score (nSPS) is 16.8. The lowest BCUT2D eigenvalue weighted by Gasteiger charge is -2.38. The van der Waals surface area contributed by atoms with Crippen LogP contribution in [-0.4, -0.2) is 74.2 Å². The van der Waals surface area contributed by atoms with Crippen molar-refractivity contribution >= 4 is 29.1 Å². The quantitative estimate of drug-likeness (QED) is 0.177. The Kier molecular flexibility index (Phi) is 8.77. The van der Waals surface area contributed by atoms with Crippen LogP contribution in [0.3, 0.4) is 0 Å². The number of fused-ring (bicyclic) bond motifs is 5. The maximum Gasteiger partial charge on any atom is 0.253 e. The van der Waals surface area contributed by atoms with Gasteiger partial charge in [0.05, 0.1) is 31.5 Å². The molecule has 8 rings (SSSR count). The van der Waals surface area contributed by atoms with Gasteiger partial charge in [0, 0.05) is 52.3 Å². The summed E-state index contributed by atoms with van der Waals surface area (Å²) >= 11 is 6.24. The molecule has 0 bridgehead atoms. The van der Waals surface area contributed by atoms with Crippen LogP contribution in [-0.2, 0) is 16.8 Å². The van der Waals surface area contributed by atoms with Gasteiger partial charge in [0.1, 0.15) is 23.4 Å². The third-order valence-corrected chi connectivity index (χ3v) is 10.7. The molecular formula is C40H37ClN6O6. The Morgan fingerprint density at radius 1 is 0.981 bits per heavy atom. The van der Waals surface area contributed by atoms with Crippen LogP contribution in [0.4, 0.5) is 0 Å². The predicted octanol–water partition coefficient (Wildman–Crippen LogP) is 5.81. The van der Waals surface area contributed by atoms with Crippen LogP contribution in [0.2, 0.25) is 5.02 Å². The van der Waals surface area contributed by atoms with Crippen molar-refractivity contribution in [3.05, 3.63) is 123 Å². The van der Waals surface area contributed by atoms with E-state index in [0.717, 1.165) is 33.7 Å². The molecule has 4 heterocycles. The minimum atomic E-state index is -0.629. The van der Waals surface area contributed by atoms with Crippen molar-refractivity contribution in [2.45, 2.75) is 44.2 Å². The highest BCUT2D eigenvalue weighted by Crippen LogP contribution is 2.46. The maximum absolute atomic E-state index is 13.7. The molecule has 3 aliphatic rings. The van der Waals surface area contributed by atoms with Crippen molar-refractivity contribution in [2.24, 2.45) is 4.99 Å². The van der Waals surface area contributed by atoms with Gasteiger partial charge in [-0.15, -0.1) is 10.2 Å². The van der Waals surface area contributed by atoms with E-state index in [2.05, 4.69) is 21.6 Å². The van der Waals surface area contributed by atoms with Gasteiger partial charge in [-0.1, -0.05) is 29.8 Å². The monoisotopic (exact) mass is 732 g/mol. The van der Waals surface area contributed by atoms with E-state index in [1.54, 1.807) is 12.0 Å². The summed E-state index contributed by atoms with van der Waals surface area (Å²) in [5.41, 5.74) is 5.28. The molecule has 1 saturated heterocycles. The summed E-state index contributed by atoms with van der Waals surface area (Å²) in [6, 6.07) is 22.7. The van der Waals surface area contributed by atoms with Gasteiger partial charge in [-0.3, -0.25) is 19.1 Å². The molecule has 1 atom stereocenters. The van der Waals surface area contributed by atoms with Gasteiger partial charge in [0.25, 0.3) is 5.91 Å². The van der Waals surface area contributed by atoms with Crippen LogP contribution in [0.15, 0.2) is 83.9 Å². The number of amides is 2. The van der Waals surface area contributed by atoms with Crippen molar-refractivity contribution in [3.8, 4) is 28.7 Å². The van der Waals surface area contributed by atoms with Crippen molar-refractivity contribution in [3.63, 3.8) is 0 Å². The lowest BCUT2D eigenvalue weighted by atomic mass is 9.74. The standard InChI is InChI=1S/C40H37ClN6O6/c1-23-44-45-38-31(43-37(25-4-7-27(41)8-5-25)29-19-28(52-2)9-10-32(29)47(23)38)20-36(50)42-21-24-3-12-35-30(17-24)40(22-53-35)13-15-46(16-14-40)39(51)26-6-11-33(48)34(49)18-26/h3-12,17-19,31,48-49H,13-16,20-22H2,1-2H3,(H,42,50)/t31-/m0/s1. The first kappa shape index (κ1) is 34.2. The lowest BCUT2D eigenvalue weighted by molar-refractivity contribution is -0.121. The van der Waals surface area contributed by atoms with Gasteiger partial charge < -0.3 is 29.9 Å². The number of nitrogens with one attached hydrogen (secondary N) is 1. The van der Waals surface area contributed by atoms with Crippen molar-refractivity contribution in [1.82, 2.24) is 25.0 Å². The molecule has 1 spiro atoms. The van der Waals surface area contributed by atoms with Gasteiger partial charge in [-0.25, -0.2) is 0 Å². The minimum Gasteiger partial charge on any atom is -0.504 e. The molecule has 0 unspecified atom stereocenters. The van der Waals surface area contributed by atoms with E-state index in [4.69, 9.17) is 26.1 Å². The number of piperidine rings is 1. The van der Waals surface area contributed by atoms with Crippen LogP contribution in [0.5, 0.6) is 23.0 Å². The highest BCUT2D eigenvalue weighted by atomic mass is 35.5. The Labute approximate surface area is 310 Å². The first-order valence-electron chi connectivity index (χ1n) is 17.4. The van der Waals surface area contributed by atoms with E-state index >= 15 is 0 Å². The topological polar surface area (TPSA) is 151 Å². The van der Waals surface area contributed by atoms with Gasteiger partial charge in [0.15, 0.2) is 17.3 Å². The summed E-state index contributed by atoms with van der Waals surface area (Å²) in [6.45, 7) is 3.74. The summed E-state index contributed by atoms with van der Waals surface area (Å²) < 4.78 is 13.7. The van der Waals surface area contributed by atoms with Crippen molar-refractivity contribution in [2.75, 3.05) is 26.8 Å². The van der Waals surface area contributed by atoms with Crippen LogP contribution in [0, 0.1) is 6.92 Å². The number of hydrogen-bond acceptors (Lipinski definition) is 9. The molecular weight excluding hydrogens is 696 g/mol. The Hall–Kier alpha value is -5.88. The molecule has 3 N–H and O–H groups in total. The molecule has 2 amide bonds. The molecule has 270 valence electrons. The highest BCUT2D eigenvalue weighted by molar-refractivity contribution is 6.30. The molecule has 0 saturated carbocycles. The number of phenols is 2. The zero-order valence-corrected chi connectivity index (χ0v) is 29.9. The fraction of sp³-hybridized carbons (Fsp3) is 0.275. The maximum atomic E-state index is 13.7. The third kappa shape index (κ3) is 6.33. The summed E-state index contributed by atoms with van der Waals surface area (Å²) in [6.07, 6.45) is 1.45. The van der Waals surface area contributed by atoms with Gasteiger partial charge >= 0.3 is 0 Å². The average molecular weight is 733 g/mol. The molecule has 53 heavy (non-hydrogen) atoms. The molecule has 0 radical (unpaired) electrons. The largest absolute Gasteiger partial charge is 0.504 e. The fourth-order valence-electron chi connectivity index (χ4n) is 7.54. The van der Waals surface area contributed by atoms with Crippen LogP contribution in [0.25, 0.3) is 5.69 Å². The van der Waals surface area contributed by atoms with Gasteiger partial charge in [-0.2, -0.15) is 0 Å². The Bertz CT molecular complexity index is 2280. The molecule has 4 aromatic carbocycles. The van der Waals surface area contributed by atoms with E-state index < -0.39 is 6.04 Å². The lowest BCUT2D eigenvalue weighted by Crippen LogP contribution is -2.46. The number of aromatic hydroxyl groups is 2. The SMILES string of the molecule is COc1ccc2c(c1)C(c1ccc(Cl)cc1)=N[C@@H](CC(=O)NCc1ccc3c(c1)C1(CCN(C(=O)c4ccc(O)c(O)c4)CC1)CO3)c1nnc(C)n1-2. The number of aliphatic imine (C=N–C) groups is 1.